The van der Waals surface area contributed by atoms with Crippen molar-refractivity contribution in [2.75, 3.05) is 0 Å². The second kappa shape index (κ2) is 2.86. The van der Waals surface area contributed by atoms with Gasteiger partial charge in [-0.3, -0.25) is 0 Å². The molecular formula is C8H14N4. The van der Waals surface area contributed by atoms with E-state index in [4.69, 9.17) is 5.73 Å². The molecule has 1 aliphatic rings. The maximum atomic E-state index is 5.81. The number of hydrogen-bond donors (Lipinski definition) is 1. The summed E-state index contributed by atoms with van der Waals surface area (Å²) >= 11 is 0. The van der Waals surface area contributed by atoms with Crippen molar-refractivity contribution < 1.29 is 0 Å². The number of fused-ring (bicyclic) bond motifs is 1. The highest BCUT2D eigenvalue weighted by Gasteiger charge is 2.17. The second-order valence-electron chi connectivity index (χ2n) is 3.28. The number of nitrogens with zero attached hydrogens (tertiary/aromatic N) is 3. The van der Waals surface area contributed by atoms with E-state index >= 15 is 0 Å². The Morgan fingerprint density at radius 3 is 3.25 bits per heavy atom. The van der Waals surface area contributed by atoms with Crippen molar-refractivity contribution in [2.45, 2.75) is 38.8 Å². The minimum Gasteiger partial charge on any atom is -0.326 e. The standard InChI is InChI=1S/C8H14N4/c1-2-7-10-8-4-3-6(9)5-12(8)11-7/h6H,2-5,9H2,1H3/t6-/m1/s1. The van der Waals surface area contributed by atoms with Gasteiger partial charge in [0.05, 0.1) is 6.54 Å². The first-order chi connectivity index (χ1) is 5.79. The van der Waals surface area contributed by atoms with Crippen LogP contribution in [0.5, 0.6) is 0 Å². The van der Waals surface area contributed by atoms with Crippen LogP contribution in [0.15, 0.2) is 0 Å². The number of aromatic nitrogens is 3. The van der Waals surface area contributed by atoms with Crippen molar-refractivity contribution >= 4 is 0 Å². The third-order valence-electron chi connectivity index (χ3n) is 2.25. The molecule has 4 heteroatoms. The van der Waals surface area contributed by atoms with Gasteiger partial charge in [0, 0.05) is 18.9 Å². The molecular weight excluding hydrogens is 152 g/mol. The van der Waals surface area contributed by atoms with Crippen LogP contribution in [0.3, 0.4) is 0 Å². The van der Waals surface area contributed by atoms with Crippen LogP contribution in [-0.2, 0) is 19.4 Å². The predicted molar refractivity (Wildman–Crippen MR) is 45.7 cm³/mol. The molecule has 2 heterocycles. The van der Waals surface area contributed by atoms with Gasteiger partial charge in [-0.05, 0) is 6.42 Å². The molecule has 4 nitrogen and oxygen atoms in total. The highest BCUT2D eigenvalue weighted by atomic mass is 15.4. The Labute approximate surface area is 71.8 Å². The zero-order valence-electron chi connectivity index (χ0n) is 7.32. The third-order valence-corrected chi connectivity index (χ3v) is 2.25. The first kappa shape index (κ1) is 7.73. The van der Waals surface area contributed by atoms with Gasteiger partial charge in [0.1, 0.15) is 5.82 Å². The van der Waals surface area contributed by atoms with Crippen molar-refractivity contribution in [3.8, 4) is 0 Å². The largest absolute Gasteiger partial charge is 0.326 e. The Bertz CT molecular complexity index is 279. The van der Waals surface area contributed by atoms with E-state index in [1.165, 1.54) is 0 Å². The Balaban J connectivity index is 2.28. The third kappa shape index (κ3) is 1.22. The van der Waals surface area contributed by atoms with Crippen LogP contribution < -0.4 is 5.73 Å². The van der Waals surface area contributed by atoms with Crippen LogP contribution in [0, 0.1) is 0 Å². The molecule has 12 heavy (non-hydrogen) atoms. The Hall–Kier alpha value is -0.900. The van der Waals surface area contributed by atoms with E-state index in [0.717, 1.165) is 37.5 Å². The van der Waals surface area contributed by atoms with Crippen molar-refractivity contribution in [3.05, 3.63) is 11.6 Å². The van der Waals surface area contributed by atoms with Gasteiger partial charge in [-0.1, -0.05) is 6.92 Å². The first-order valence-electron chi connectivity index (χ1n) is 4.47. The van der Waals surface area contributed by atoms with E-state index in [0.29, 0.717) is 0 Å². The second-order valence-corrected chi connectivity index (χ2v) is 3.28. The molecule has 1 aromatic heterocycles. The van der Waals surface area contributed by atoms with E-state index in [9.17, 15) is 0 Å². The van der Waals surface area contributed by atoms with E-state index in [-0.39, 0.29) is 6.04 Å². The lowest BCUT2D eigenvalue weighted by Crippen LogP contribution is -2.32. The lowest BCUT2D eigenvalue weighted by molar-refractivity contribution is 0.421. The number of nitrogens with two attached hydrogens (primary N) is 1. The predicted octanol–water partition coefficient (Wildman–Crippen LogP) is 0.114. The maximum Gasteiger partial charge on any atom is 0.150 e. The van der Waals surface area contributed by atoms with Gasteiger partial charge in [-0.2, -0.15) is 5.10 Å². The van der Waals surface area contributed by atoms with Crippen molar-refractivity contribution in [3.63, 3.8) is 0 Å². The molecule has 0 saturated heterocycles. The van der Waals surface area contributed by atoms with Gasteiger partial charge >= 0.3 is 0 Å². The van der Waals surface area contributed by atoms with Gasteiger partial charge in [-0.25, -0.2) is 9.67 Å². The summed E-state index contributed by atoms with van der Waals surface area (Å²) in [5, 5.41) is 4.35. The minimum atomic E-state index is 0.268. The van der Waals surface area contributed by atoms with Crippen molar-refractivity contribution in [1.82, 2.24) is 14.8 Å². The molecule has 0 unspecified atom stereocenters. The van der Waals surface area contributed by atoms with Crippen LogP contribution in [0.1, 0.15) is 25.0 Å². The molecule has 1 aliphatic heterocycles. The molecule has 0 spiro atoms. The van der Waals surface area contributed by atoms with Crippen molar-refractivity contribution in [2.24, 2.45) is 5.73 Å². The fraction of sp³-hybridized carbons (Fsp3) is 0.750. The monoisotopic (exact) mass is 166 g/mol. The average Bonchev–Trinajstić information content (AvgIpc) is 2.46. The quantitative estimate of drug-likeness (QED) is 0.644. The smallest absolute Gasteiger partial charge is 0.150 e. The molecule has 1 aromatic rings. The molecule has 0 bridgehead atoms. The molecule has 66 valence electrons. The van der Waals surface area contributed by atoms with E-state index < -0.39 is 0 Å². The Morgan fingerprint density at radius 2 is 2.50 bits per heavy atom. The molecule has 0 aromatic carbocycles. The van der Waals surface area contributed by atoms with Crippen LogP contribution in [0.25, 0.3) is 0 Å². The van der Waals surface area contributed by atoms with E-state index in [1.54, 1.807) is 0 Å². The van der Waals surface area contributed by atoms with Gasteiger partial charge in [-0.15, -0.1) is 0 Å². The summed E-state index contributed by atoms with van der Waals surface area (Å²) in [5.74, 6) is 2.05. The molecule has 1 atom stereocenters. The highest BCUT2D eigenvalue weighted by molar-refractivity contribution is 4.97. The fourth-order valence-electron chi connectivity index (χ4n) is 1.53. The van der Waals surface area contributed by atoms with E-state index in [1.807, 2.05) is 4.68 Å². The Kier molecular flexibility index (Phi) is 1.84. The lowest BCUT2D eigenvalue weighted by atomic mass is 10.1. The lowest BCUT2D eigenvalue weighted by Gasteiger charge is -2.17. The summed E-state index contributed by atoms with van der Waals surface area (Å²) in [7, 11) is 0. The minimum absolute atomic E-state index is 0.268. The zero-order chi connectivity index (χ0) is 8.55. The van der Waals surface area contributed by atoms with Gasteiger partial charge in [0.2, 0.25) is 0 Å². The van der Waals surface area contributed by atoms with Gasteiger partial charge < -0.3 is 5.73 Å². The summed E-state index contributed by atoms with van der Waals surface area (Å²) < 4.78 is 1.95. The molecule has 0 radical (unpaired) electrons. The molecule has 0 fully saturated rings. The van der Waals surface area contributed by atoms with Gasteiger partial charge in [0.25, 0.3) is 0 Å². The number of hydrogen-bond acceptors (Lipinski definition) is 3. The maximum absolute atomic E-state index is 5.81. The summed E-state index contributed by atoms with van der Waals surface area (Å²) in [6.07, 6.45) is 2.94. The normalized spacial score (nSPS) is 22.3. The Morgan fingerprint density at radius 1 is 1.67 bits per heavy atom. The molecule has 0 amide bonds. The highest BCUT2D eigenvalue weighted by Crippen LogP contribution is 2.11. The van der Waals surface area contributed by atoms with Crippen molar-refractivity contribution in [1.29, 1.82) is 0 Å². The fourth-order valence-corrected chi connectivity index (χ4v) is 1.53. The SMILES string of the molecule is CCc1nc2n(n1)C[C@H](N)CC2. The first-order valence-corrected chi connectivity index (χ1v) is 4.47. The van der Waals surface area contributed by atoms with Crippen LogP contribution >= 0.6 is 0 Å². The summed E-state index contributed by atoms with van der Waals surface area (Å²) in [6.45, 7) is 2.91. The molecule has 2 rings (SSSR count). The molecule has 0 aliphatic carbocycles. The van der Waals surface area contributed by atoms with Gasteiger partial charge in [0.15, 0.2) is 5.82 Å². The number of rotatable bonds is 1. The topological polar surface area (TPSA) is 56.7 Å². The van der Waals surface area contributed by atoms with Crippen LogP contribution in [0.4, 0.5) is 0 Å². The zero-order valence-corrected chi connectivity index (χ0v) is 7.32. The summed E-state index contributed by atoms with van der Waals surface area (Å²) in [6, 6.07) is 0.268. The molecule has 2 N–H and O–H groups in total. The summed E-state index contributed by atoms with van der Waals surface area (Å²) in [4.78, 5) is 4.40. The average molecular weight is 166 g/mol. The van der Waals surface area contributed by atoms with Crippen LogP contribution in [0.2, 0.25) is 0 Å². The van der Waals surface area contributed by atoms with Crippen LogP contribution in [-0.4, -0.2) is 20.8 Å². The summed E-state index contributed by atoms with van der Waals surface area (Å²) in [5.41, 5.74) is 5.81. The van der Waals surface area contributed by atoms with E-state index in [2.05, 4.69) is 17.0 Å². The molecule has 0 saturated carbocycles. The number of aryl methyl sites for hydroxylation is 2.